The fourth-order valence-corrected chi connectivity index (χ4v) is 2.47. The summed E-state index contributed by atoms with van der Waals surface area (Å²) < 4.78 is 18.7. The second-order valence-corrected chi connectivity index (χ2v) is 5.28. The summed E-state index contributed by atoms with van der Waals surface area (Å²) in [5.41, 5.74) is 13.0. The zero-order valence-electron chi connectivity index (χ0n) is 13.3. The minimum absolute atomic E-state index is 0.0665. The van der Waals surface area contributed by atoms with Gasteiger partial charge in [0.05, 0.1) is 30.1 Å². The molecule has 0 bridgehead atoms. The van der Waals surface area contributed by atoms with Crippen LogP contribution >= 0.6 is 0 Å². The maximum absolute atomic E-state index is 13.8. The van der Waals surface area contributed by atoms with Crippen LogP contribution in [0.3, 0.4) is 0 Å². The first kappa shape index (κ1) is 16.4. The highest BCUT2D eigenvalue weighted by Gasteiger charge is 2.13. The van der Waals surface area contributed by atoms with E-state index in [9.17, 15) is 9.30 Å². The highest BCUT2D eigenvalue weighted by Crippen LogP contribution is 2.27. The summed E-state index contributed by atoms with van der Waals surface area (Å²) in [6.45, 7) is 0.0751. The number of aromatic nitrogens is 2. The summed E-state index contributed by atoms with van der Waals surface area (Å²) in [6.07, 6.45) is 0. The number of halogens is 1. The molecule has 0 atom stereocenters. The summed E-state index contributed by atoms with van der Waals surface area (Å²) in [4.78, 5) is 19.2. The predicted molar refractivity (Wildman–Crippen MR) is 93.3 cm³/mol. The average Bonchev–Trinajstić information content (AvgIpc) is 2.59. The van der Waals surface area contributed by atoms with Gasteiger partial charge in [-0.15, -0.1) is 4.91 Å². The molecule has 0 radical (unpaired) electrons. The molecule has 0 aliphatic carbocycles. The van der Waals surface area contributed by atoms with Gasteiger partial charge in [0.25, 0.3) is 0 Å². The number of benzene rings is 2. The zero-order chi connectivity index (χ0) is 18.0. The third-order valence-corrected chi connectivity index (χ3v) is 3.67. The van der Waals surface area contributed by atoms with E-state index < -0.39 is 5.82 Å². The number of rotatable bonds is 5. The Morgan fingerprint density at radius 3 is 2.68 bits per heavy atom. The lowest BCUT2D eigenvalue weighted by atomic mass is 10.1. The first-order valence-corrected chi connectivity index (χ1v) is 7.28. The molecule has 2 aromatic carbocycles. The molecule has 1 aromatic heterocycles. The quantitative estimate of drug-likeness (QED) is 0.540. The SMILES string of the molecule is COc1ccc(CN(N=O)c2ccc3nc(N)nc(N)c3c2)cc1F. The van der Waals surface area contributed by atoms with Gasteiger partial charge in [-0.25, -0.2) is 14.4 Å². The smallest absolute Gasteiger partial charge is 0.222 e. The summed E-state index contributed by atoms with van der Waals surface area (Å²) in [5, 5.41) is 4.72. The van der Waals surface area contributed by atoms with Gasteiger partial charge in [0, 0.05) is 5.39 Å². The van der Waals surface area contributed by atoms with Crippen LogP contribution in [0.2, 0.25) is 0 Å². The van der Waals surface area contributed by atoms with Crippen molar-refractivity contribution < 1.29 is 9.13 Å². The number of nitrogen functional groups attached to an aromatic ring is 2. The Balaban J connectivity index is 1.94. The average molecular weight is 342 g/mol. The van der Waals surface area contributed by atoms with E-state index in [0.29, 0.717) is 22.2 Å². The van der Waals surface area contributed by atoms with Crippen LogP contribution in [-0.4, -0.2) is 17.1 Å². The largest absolute Gasteiger partial charge is 0.494 e. The minimum atomic E-state index is -0.516. The van der Waals surface area contributed by atoms with E-state index in [1.165, 1.54) is 24.3 Å². The number of nitroso groups, excluding NO2 is 1. The molecule has 0 aliphatic rings. The van der Waals surface area contributed by atoms with Gasteiger partial charge in [-0.1, -0.05) is 6.07 Å². The maximum atomic E-state index is 13.8. The number of ether oxygens (including phenoxy) is 1. The lowest BCUT2D eigenvalue weighted by Crippen LogP contribution is -2.15. The van der Waals surface area contributed by atoms with Crippen LogP contribution in [0.4, 0.5) is 21.8 Å². The molecule has 0 saturated heterocycles. The van der Waals surface area contributed by atoms with Crippen molar-refractivity contribution >= 4 is 28.4 Å². The van der Waals surface area contributed by atoms with Crippen molar-refractivity contribution in [3.8, 4) is 5.75 Å². The molecule has 128 valence electrons. The van der Waals surface area contributed by atoms with Crippen molar-refractivity contribution in [2.75, 3.05) is 23.6 Å². The van der Waals surface area contributed by atoms with Crippen LogP contribution in [0.15, 0.2) is 41.7 Å². The normalized spacial score (nSPS) is 10.6. The van der Waals surface area contributed by atoms with Crippen LogP contribution in [0.5, 0.6) is 5.75 Å². The zero-order valence-corrected chi connectivity index (χ0v) is 13.3. The Hall–Kier alpha value is -3.49. The number of methoxy groups -OCH3 is 1. The Labute approximate surface area is 142 Å². The van der Waals surface area contributed by atoms with E-state index in [1.807, 2.05) is 0 Å². The van der Waals surface area contributed by atoms with Crippen LogP contribution in [0, 0.1) is 10.7 Å². The van der Waals surface area contributed by atoms with Gasteiger partial charge in [0.2, 0.25) is 5.95 Å². The number of anilines is 3. The van der Waals surface area contributed by atoms with Crippen molar-refractivity contribution in [2.45, 2.75) is 6.54 Å². The van der Waals surface area contributed by atoms with E-state index in [1.54, 1.807) is 24.3 Å². The molecular weight excluding hydrogens is 327 g/mol. The van der Waals surface area contributed by atoms with E-state index in [0.717, 1.165) is 0 Å². The number of hydrogen-bond acceptors (Lipinski definition) is 7. The molecule has 0 fully saturated rings. The summed E-state index contributed by atoms with van der Waals surface area (Å²) in [6, 6.07) is 9.37. The molecule has 1 heterocycles. The molecule has 4 N–H and O–H groups in total. The second-order valence-electron chi connectivity index (χ2n) is 5.28. The molecule has 3 rings (SSSR count). The topological polar surface area (TPSA) is 120 Å². The number of fused-ring (bicyclic) bond motifs is 1. The first-order chi connectivity index (χ1) is 12.0. The van der Waals surface area contributed by atoms with Crippen LogP contribution < -0.4 is 21.2 Å². The number of nitrogens with zero attached hydrogens (tertiary/aromatic N) is 4. The molecule has 0 saturated carbocycles. The van der Waals surface area contributed by atoms with Gasteiger partial charge >= 0.3 is 0 Å². The van der Waals surface area contributed by atoms with Crippen molar-refractivity contribution in [1.29, 1.82) is 0 Å². The molecule has 25 heavy (non-hydrogen) atoms. The molecule has 9 heteroatoms. The molecule has 3 aromatic rings. The van der Waals surface area contributed by atoms with Gasteiger partial charge in [-0.3, -0.25) is 0 Å². The monoisotopic (exact) mass is 342 g/mol. The van der Waals surface area contributed by atoms with Crippen molar-refractivity contribution in [2.24, 2.45) is 5.29 Å². The number of nitrogens with two attached hydrogens (primary N) is 2. The Morgan fingerprint density at radius 1 is 1.20 bits per heavy atom. The second kappa shape index (κ2) is 6.56. The Morgan fingerprint density at radius 2 is 2.00 bits per heavy atom. The molecule has 0 spiro atoms. The molecular formula is C16H15FN6O2. The lowest BCUT2D eigenvalue weighted by Gasteiger charge is -2.16. The molecule has 0 aliphatic heterocycles. The molecule has 0 unspecified atom stereocenters. The predicted octanol–water partition coefficient (Wildman–Crippen LogP) is 2.63. The molecule has 0 amide bonds. The van der Waals surface area contributed by atoms with Crippen LogP contribution in [-0.2, 0) is 6.54 Å². The summed E-state index contributed by atoms with van der Waals surface area (Å²) in [7, 11) is 1.38. The molecule has 8 nitrogen and oxygen atoms in total. The van der Waals surface area contributed by atoms with Gasteiger partial charge in [-0.05, 0) is 35.9 Å². The summed E-state index contributed by atoms with van der Waals surface area (Å²) >= 11 is 0. The number of hydrogen-bond donors (Lipinski definition) is 2. The highest BCUT2D eigenvalue weighted by atomic mass is 19.1. The van der Waals surface area contributed by atoms with Gasteiger partial charge in [0.15, 0.2) is 11.6 Å². The van der Waals surface area contributed by atoms with E-state index in [4.69, 9.17) is 16.2 Å². The van der Waals surface area contributed by atoms with Crippen LogP contribution in [0.25, 0.3) is 10.9 Å². The van der Waals surface area contributed by atoms with Crippen molar-refractivity contribution in [3.05, 3.63) is 52.7 Å². The Bertz CT molecular complexity index is 949. The van der Waals surface area contributed by atoms with E-state index in [-0.39, 0.29) is 24.1 Å². The maximum Gasteiger partial charge on any atom is 0.222 e. The lowest BCUT2D eigenvalue weighted by molar-refractivity contribution is 0.386. The third-order valence-electron chi connectivity index (χ3n) is 3.67. The fourth-order valence-electron chi connectivity index (χ4n) is 2.47. The van der Waals surface area contributed by atoms with Gasteiger partial charge in [0.1, 0.15) is 5.82 Å². The fraction of sp³-hybridized carbons (Fsp3) is 0.125. The Kier molecular flexibility index (Phi) is 4.29. The standard InChI is InChI=1S/C16H15FN6O2/c1-25-14-5-2-9(6-12(14)17)8-23(22-24)10-3-4-13-11(7-10)15(18)21-16(19)20-13/h2-7H,8H2,1H3,(H4,18,19,20,21). The van der Waals surface area contributed by atoms with Gasteiger partial charge < -0.3 is 16.2 Å². The van der Waals surface area contributed by atoms with E-state index >= 15 is 0 Å². The van der Waals surface area contributed by atoms with Crippen molar-refractivity contribution in [1.82, 2.24) is 9.97 Å². The van der Waals surface area contributed by atoms with Crippen molar-refractivity contribution in [3.63, 3.8) is 0 Å². The van der Waals surface area contributed by atoms with Gasteiger partial charge in [-0.2, -0.15) is 4.98 Å². The summed E-state index contributed by atoms with van der Waals surface area (Å²) in [5.74, 6) is -0.123. The highest BCUT2D eigenvalue weighted by molar-refractivity contribution is 5.91. The van der Waals surface area contributed by atoms with Crippen LogP contribution in [0.1, 0.15) is 5.56 Å². The minimum Gasteiger partial charge on any atom is -0.494 e. The van der Waals surface area contributed by atoms with E-state index in [2.05, 4.69) is 15.3 Å². The third kappa shape index (κ3) is 3.25. The first-order valence-electron chi connectivity index (χ1n) is 7.28.